The Morgan fingerprint density at radius 2 is 1.93 bits per heavy atom. The predicted molar refractivity (Wildman–Crippen MR) is 109 cm³/mol. The number of nitrogens with zero attached hydrogens (tertiary/aromatic N) is 2. The zero-order valence-corrected chi connectivity index (χ0v) is 16.5. The van der Waals surface area contributed by atoms with Gasteiger partial charge < -0.3 is 10.0 Å². The molecule has 1 aromatic rings. The Labute approximate surface area is 163 Å². The van der Waals surface area contributed by atoms with Crippen LogP contribution in [0.2, 0.25) is 0 Å². The van der Waals surface area contributed by atoms with Crippen molar-refractivity contribution >= 4 is 0 Å². The Bertz CT molecular complexity index is 747. The van der Waals surface area contributed by atoms with Gasteiger partial charge in [0.25, 0.3) is 0 Å². The summed E-state index contributed by atoms with van der Waals surface area (Å²) >= 11 is 0. The first-order chi connectivity index (χ1) is 13.1. The molecule has 0 aromatic heterocycles. The van der Waals surface area contributed by atoms with Crippen molar-refractivity contribution in [3.05, 3.63) is 59.7 Å². The Morgan fingerprint density at radius 3 is 2.56 bits per heavy atom. The van der Waals surface area contributed by atoms with Crippen molar-refractivity contribution < 1.29 is 5.11 Å². The maximum Gasteiger partial charge on any atom is 0.0920 e. The van der Waals surface area contributed by atoms with Gasteiger partial charge in [-0.25, -0.2) is 0 Å². The lowest BCUT2D eigenvalue weighted by Crippen LogP contribution is -2.46. The number of likely N-dealkylation sites (tertiary alicyclic amines) is 2. The van der Waals surface area contributed by atoms with Crippen LogP contribution >= 0.6 is 0 Å². The molecule has 2 aliphatic heterocycles. The van der Waals surface area contributed by atoms with Crippen molar-refractivity contribution in [2.45, 2.75) is 44.2 Å². The van der Waals surface area contributed by atoms with Crippen LogP contribution in [-0.4, -0.2) is 53.7 Å². The smallest absolute Gasteiger partial charge is 0.0920 e. The average Bonchev–Trinajstić information content (AvgIpc) is 3.30. The lowest BCUT2D eigenvalue weighted by atomic mass is 9.83. The van der Waals surface area contributed by atoms with Crippen molar-refractivity contribution in [3.8, 4) is 0 Å². The molecule has 3 nitrogen and oxygen atoms in total. The van der Waals surface area contributed by atoms with Gasteiger partial charge in [0.05, 0.1) is 5.60 Å². The van der Waals surface area contributed by atoms with E-state index in [1.165, 1.54) is 26.1 Å². The number of rotatable bonds is 4. The van der Waals surface area contributed by atoms with Crippen molar-refractivity contribution in [1.82, 2.24) is 9.80 Å². The third kappa shape index (κ3) is 3.00. The maximum atomic E-state index is 11.1. The minimum atomic E-state index is -0.648. The molecule has 0 radical (unpaired) electrons. The molecule has 3 unspecified atom stereocenters. The SMILES string of the molecule is CCN1CC2CC2(C2=CCC(N3CCC(O)(c4ccccc4)CC3)C=C2)C1. The molecule has 3 heteroatoms. The summed E-state index contributed by atoms with van der Waals surface area (Å²) in [7, 11) is 0. The van der Waals surface area contributed by atoms with Gasteiger partial charge in [-0.15, -0.1) is 0 Å². The fourth-order valence-corrected chi connectivity index (χ4v) is 5.79. The van der Waals surface area contributed by atoms with E-state index >= 15 is 0 Å². The summed E-state index contributed by atoms with van der Waals surface area (Å²) in [6, 6.07) is 10.7. The van der Waals surface area contributed by atoms with E-state index in [1.54, 1.807) is 5.57 Å². The fraction of sp³-hybridized carbons (Fsp3) is 0.583. The van der Waals surface area contributed by atoms with Crippen LogP contribution in [0.15, 0.2) is 54.1 Å². The molecule has 0 amide bonds. The number of hydrogen-bond donors (Lipinski definition) is 1. The van der Waals surface area contributed by atoms with Crippen LogP contribution in [0.5, 0.6) is 0 Å². The van der Waals surface area contributed by atoms with Gasteiger partial charge >= 0.3 is 0 Å². The highest BCUT2D eigenvalue weighted by molar-refractivity contribution is 5.40. The van der Waals surface area contributed by atoms with E-state index in [-0.39, 0.29) is 0 Å². The van der Waals surface area contributed by atoms with Crippen LogP contribution in [0.1, 0.15) is 38.2 Å². The number of hydrogen-bond acceptors (Lipinski definition) is 3. The molecule has 0 spiro atoms. The topological polar surface area (TPSA) is 26.7 Å². The standard InChI is InChI=1S/C24H32N2O/c1-2-25-17-21-16-23(21,18-25)19-8-10-22(11-9-19)26-14-12-24(27,13-15-26)20-6-4-3-5-7-20/h3-10,21-22,27H,2,11-18H2,1H3. The first kappa shape index (κ1) is 17.7. The Hall–Kier alpha value is -1.42. The second-order valence-corrected chi connectivity index (χ2v) is 9.14. The van der Waals surface area contributed by atoms with Crippen LogP contribution < -0.4 is 0 Å². The van der Waals surface area contributed by atoms with E-state index in [4.69, 9.17) is 0 Å². The largest absolute Gasteiger partial charge is 0.385 e. The predicted octanol–water partition coefficient (Wildman–Crippen LogP) is 3.57. The number of aliphatic hydroxyl groups is 1. The second-order valence-electron chi connectivity index (χ2n) is 9.14. The molecule has 2 aliphatic carbocycles. The molecular formula is C24H32N2O. The molecule has 27 heavy (non-hydrogen) atoms. The fourth-order valence-electron chi connectivity index (χ4n) is 5.79. The van der Waals surface area contributed by atoms with E-state index in [0.717, 1.165) is 43.8 Å². The number of allylic oxidation sites excluding steroid dienone is 1. The Balaban J connectivity index is 1.20. The average molecular weight is 365 g/mol. The van der Waals surface area contributed by atoms with Crippen LogP contribution in [0.4, 0.5) is 0 Å². The van der Waals surface area contributed by atoms with E-state index < -0.39 is 5.60 Å². The molecule has 1 N–H and O–H groups in total. The molecule has 1 aromatic carbocycles. The zero-order valence-electron chi connectivity index (χ0n) is 16.5. The Morgan fingerprint density at radius 1 is 1.15 bits per heavy atom. The molecule has 0 bridgehead atoms. The molecule has 1 saturated carbocycles. The van der Waals surface area contributed by atoms with Gasteiger partial charge in [-0.3, -0.25) is 4.90 Å². The Kier molecular flexibility index (Phi) is 4.30. The first-order valence-corrected chi connectivity index (χ1v) is 10.8. The molecule has 2 saturated heterocycles. The van der Waals surface area contributed by atoms with E-state index in [9.17, 15) is 5.11 Å². The summed E-state index contributed by atoms with van der Waals surface area (Å²) in [4.78, 5) is 5.18. The van der Waals surface area contributed by atoms with Crippen LogP contribution in [0.3, 0.4) is 0 Å². The van der Waals surface area contributed by atoms with Gasteiger partial charge in [0.1, 0.15) is 0 Å². The maximum absolute atomic E-state index is 11.1. The quantitative estimate of drug-likeness (QED) is 0.885. The first-order valence-electron chi connectivity index (χ1n) is 10.8. The van der Waals surface area contributed by atoms with Crippen molar-refractivity contribution in [3.63, 3.8) is 0 Å². The van der Waals surface area contributed by atoms with Gasteiger partial charge in [0, 0.05) is 37.6 Å². The molecule has 3 fully saturated rings. The second kappa shape index (κ2) is 6.58. The summed E-state index contributed by atoms with van der Waals surface area (Å²) in [6.07, 6.45) is 11.6. The number of piperidine rings is 2. The molecule has 3 atom stereocenters. The minimum Gasteiger partial charge on any atom is -0.385 e. The van der Waals surface area contributed by atoms with Crippen molar-refractivity contribution in [2.24, 2.45) is 11.3 Å². The van der Waals surface area contributed by atoms with Gasteiger partial charge in [-0.2, -0.15) is 0 Å². The summed E-state index contributed by atoms with van der Waals surface area (Å²) in [5.74, 6) is 0.903. The lowest BCUT2D eigenvalue weighted by Gasteiger charge is -2.42. The summed E-state index contributed by atoms with van der Waals surface area (Å²) in [5.41, 5.74) is 2.53. The normalized spacial score (nSPS) is 35.7. The third-order valence-corrected chi connectivity index (χ3v) is 7.72. The highest BCUT2D eigenvalue weighted by Gasteiger charge is 2.60. The molecule has 4 aliphatic rings. The van der Waals surface area contributed by atoms with Gasteiger partial charge in [0.15, 0.2) is 0 Å². The van der Waals surface area contributed by atoms with E-state index in [1.807, 2.05) is 18.2 Å². The highest BCUT2D eigenvalue weighted by atomic mass is 16.3. The van der Waals surface area contributed by atoms with Gasteiger partial charge in [-0.1, -0.05) is 55.5 Å². The van der Waals surface area contributed by atoms with Gasteiger partial charge in [0.2, 0.25) is 0 Å². The van der Waals surface area contributed by atoms with Crippen molar-refractivity contribution in [2.75, 3.05) is 32.7 Å². The molecular weight excluding hydrogens is 332 g/mol. The minimum absolute atomic E-state index is 0.493. The monoisotopic (exact) mass is 364 g/mol. The van der Waals surface area contributed by atoms with E-state index in [0.29, 0.717) is 11.5 Å². The molecule has 144 valence electrons. The molecule has 2 heterocycles. The summed E-state index contributed by atoms with van der Waals surface area (Å²) in [6.45, 7) is 7.99. The number of fused-ring (bicyclic) bond motifs is 1. The van der Waals surface area contributed by atoms with Crippen molar-refractivity contribution in [1.29, 1.82) is 0 Å². The van der Waals surface area contributed by atoms with Crippen LogP contribution in [0.25, 0.3) is 0 Å². The lowest BCUT2D eigenvalue weighted by molar-refractivity contribution is -0.0314. The summed E-state index contributed by atoms with van der Waals surface area (Å²) < 4.78 is 0. The summed E-state index contributed by atoms with van der Waals surface area (Å²) in [5, 5.41) is 11.1. The number of benzene rings is 1. The van der Waals surface area contributed by atoms with Crippen LogP contribution in [-0.2, 0) is 5.60 Å². The highest BCUT2D eigenvalue weighted by Crippen LogP contribution is 2.63. The zero-order chi connectivity index (χ0) is 18.5. The van der Waals surface area contributed by atoms with E-state index in [2.05, 4.69) is 47.1 Å². The van der Waals surface area contributed by atoms with Gasteiger partial charge in [-0.05, 0) is 49.3 Å². The van der Waals surface area contributed by atoms with Crippen LogP contribution in [0, 0.1) is 11.3 Å². The molecule has 5 rings (SSSR count). The third-order valence-electron chi connectivity index (χ3n) is 7.72.